The van der Waals surface area contributed by atoms with Crippen molar-refractivity contribution >= 4 is 23.5 Å². The normalized spacial score (nSPS) is 10.5. The molecule has 0 spiro atoms. The highest BCUT2D eigenvalue weighted by Gasteiger charge is 2.10. The third-order valence-electron chi connectivity index (χ3n) is 3.31. The van der Waals surface area contributed by atoms with E-state index in [1.165, 1.54) is 12.8 Å². The molecule has 0 saturated heterocycles. The molecule has 0 aliphatic rings. The Labute approximate surface area is 148 Å². The van der Waals surface area contributed by atoms with Crippen molar-refractivity contribution in [3.63, 3.8) is 0 Å². The number of aryl methyl sites for hydroxylation is 1. The number of carbonyl (C=O) groups is 2. The van der Waals surface area contributed by atoms with Gasteiger partial charge in [-0.1, -0.05) is 44.2 Å². The molecule has 0 atom stereocenters. The van der Waals surface area contributed by atoms with Gasteiger partial charge in [-0.25, -0.2) is 9.59 Å². The van der Waals surface area contributed by atoms with E-state index in [0.717, 1.165) is 24.8 Å². The van der Waals surface area contributed by atoms with Crippen molar-refractivity contribution in [1.29, 1.82) is 0 Å². The van der Waals surface area contributed by atoms with Crippen LogP contribution in [0, 0.1) is 6.92 Å². The van der Waals surface area contributed by atoms with Crippen molar-refractivity contribution in [2.24, 2.45) is 0 Å². The number of rotatable bonds is 11. The highest BCUT2D eigenvalue weighted by atomic mass is 35.5. The van der Waals surface area contributed by atoms with E-state index in [4.69, 9.17) is 25.8 Å². The van der Waals surface area contributed by atoms with Crippen LogP contribution in [-0.2, 0) is 19.1 Å². The zero-order valence-corrected chi connectivity index (χ0v) is 15.1. The lowest BCUT2D eigenvalue weighted by Crippen LogP contribution is -2.20. The van der Waals surface area contributed by atoms with Crippen LogP contribution >= 0.6 is 11.6 Å². The van der Waals surface area contributed by atoms with E-state index in [1.807, 2.05) is 0 Å². The molecule has 0 N–H and O–H groups in total. The third kappa shape index (κ3) is 8.89. The molecule has 0 fully saturated rings. The summed E-state index contributed by atoms with van der Waals surface area (Å²) in [5.74, 6) is -0.628. The summed E-state index contributed by atoms with van der Waals surface area (Å²) < 4.78 is 15.2. The molecule has 0 aromatic heterocycles. The van der Waals surface area contributed by atoms with E-state index >= 15 is 0 Å². The number of halogens is 1. The molecule has 1 aromatic rings. The summed E-state index contributed by atoms with van der Waals surface area (Å²) in [6, 6.07) is 4.95. The number of hydrogen-bond acceptors (Lipinski definition) is 5. The molecule has 1 rings (SSSR count). The van der Waals surface area contributed by atoms with Crippen LogP contribution < -0.4 is 4.74 Å². The molecule has 0 amide bonds. The number of benzene rings is 1. The van der Waals surface area contributed by atoms with Crippen molar-refractivity contribution in [1.82, 2.24) is 0 Å². The lowest BCUT2D eigenvalue weighted by Gasteiger charge is -2.08. The smallest absolute Gasteiger partial charge is 0.337 e. The van der Waals surface area contributed by atoms with E-state index < -0.39 is 11.9 Å². The molecule has 1 aromatic carbocycles. The molecule has 0 bridgehead atoms. The van der Waals surface area contributed by atoms with Gasteiger partial charge in [0.2, 0.25) is 0 Å². The van der Waals surface area contributed by atoms with Crippen LogP contribution in [0.25, 0.3) is 0 Å². The van der Waals surface area contributed by atoms with Crippen LogP contribution in [0.1, 0.15) is 44.6 Å². The number of carbonyl (C=O) groups excluding carboxylic acids is 2. The Hall–Kier alpha value is -1.59. The Morgan fingerprint density at radius 2 is 1.75 bits per heavy atom. The molecule has 24 heavy (non-hydrogen) atoms. The maximum atomic E-state index is 11.7. The minimum absolute atomic E-state index is 0.260. The van der Waals surface area contributed by atoms with Gasteiger partial charge in [0.05, 0.1) is 6.61 Å². The zero-order chi connectivity index (χ0) is 17.8. The molecule has 0 aliphatic heterocycles. The van der Waals surface area contributed by atoms with Gasteiger partial charge in [-0.2, -0.15) is 0 Å². The predicted octanol–water partition coefficient (Wildman–Crippen LogP) is 4.08. The zero-order valence-electron chi connectivity index (χ0n) is 14.3. The average Bonchev–Trinajstić information content (AvgIpc) is 2.53. The second-order valence-electron chi connectivity index (χ2n) is 5.51. The van der Waals surface area contributed by atoms with Gasteiger partial charge in [-0.05, 0) is 37.1 Å². The Balaban J connectivity index is 2.13. The molecule has 0 radical (unpaired) electrons. The maximum absolute atomic E-state index is 11.7. The Morgan fingerprint density at radius 1 is 1.04 bits per heavy atom. The minimum Gasteiger partial charge on any atom is -0.464 e. The Bertz CT molecular complexity index is 530. The standard InChI is InChI=1S/C18H25ClO5/c1-3-4-5-6-7-10-23-17(20)12-22-13-18(21)24-16-9-8-15(19)11-14(16)2/h8-9,11H,3-7,10,12-13H2,1-2H3. The van der Waals surface area contributed by atoms with Gasteiger partial charge in [-0.15, -0.1) is 0 Å². The Morgan fingerprint density at radius 3 is 2.46 bits per heavy atom. The van der Waals surface area contributed by atoms with Crippen molar-refractivity contribution in [3.8, 4) is 5.75 Å². The summed E-state index contributed by atoms with van der Waals surface area (Å²) in [4.78, 5) is 23.1. The largest absolute Gasteiger partial charge is 0.464 e. The van der Waals surface area contributed by atoms with Gasteiger partial charge in [0.25, 0.3) is 0 Å². The first-order valence-corrected chi connectivity index (χ1v) is 8.61. The van der Waals surface area contributed by atoms with Crippen LogP contribution in [-0.4, -0.2) is 31.8 Å². The third-order valence-corrected chi connectivity index (χ3v) is 3.55. The van der Waals surface area contributed by atoms with Crippen molar-refractivity contribution in [2.45, 2.75) is 46.0 Å². The summed E-state index contributed by atoms with van der Waals surface area (Å²) in [7, 11) is 0. The van der Waals surface area contributed by atoms with Gasteiger partial charge in [-0.3, -0.25) is 0 Å². The molecule has 0 aliphatic carbocycles. The summed E-state index contributed by atoms with van der Waals surface area (Å²) in [5.41, 5.74) is 0.748. The van der Waals surface area contributed by atoms with Crippen molar-refractivity contribution < 1.29 is 23.8 Å². The van der Waals surface area contributed by atoms with Gasteiger partial charge < -0.3 is 14.2 Å². The molecule has 5 nitrogen and oxygen atoms in total. The second-order valence-corrected chi connectivity index (χ2v) is 5.95. The molecule has 134 valence electrons. The first kappa shape index (κ1) is 20.5. The summed E-state index contributed by atoms with van der Waals surface area (Å²) >= 11 is 5.83. The maximum Gasteiger partial charge on any atom is 0.337 e. The number of esters is 2. The molecule has 6 heteroatoms. The SMILES string of the molecule is CCCCCCCOC(=O)COCC(=O)Oc1ccc(Cl)cc1C. The minimum atomic E-state index is -0.576. The van der Waals surface area contributed by atoms with E-state index in [9.17, 15) is 9.59 Å². The van der Waals surface area contributed by atoms with Crippen molar-refractivity contribution in [3.05, 3.63) is 28.8 Å². The number of unbranched alkanes of at least 4 members (excludes halogenated alkanes) is 4. The highest BCUT2D eigenvalue weighted by Crippen LogP contribution is 2.21. The molecule has 0 heterocycles. The van der Waals surface area contributed by atoms with Gasteiger partial charge in [0.1, 0.15) is 19.0 Å². The second kappa shape index (κ2) is 11.9. The molecule has 0 saturated carbocycles. The van der Waals surface area contributed by atoms with E-state index in [2.05, 4.69) is 6.92 Å². The summed E-state index contributed by atoms with van der Waals surface area (Å²) in [5, 5.41) is 0.570. The summed E-state index contributed by atoms with van der Waals surface area (Å²) in [6.45, 7) is 3.75. The topological polar surface area (TPSA) is 61.8 Å². The van der Waals surface area contributed by atoms with Gasteiger partial charge >= 0.3 is 11.9 Å². The quantitative estimate of drug-likeness (QED) is 0.339. The highest BCUT2D eigenvalue weighted by molar-refractivity contribution is 6.30. The molecular formula is C18H25ClO5. The molecular weight excluding hydrogens is 332 g/mol. The first-order valence-electron chi connectivity index (χ1n) is 8.23. The fourth-order valence-electron chi connectivity index (χ4n) is 2.03. The lowest BCUT2D eigenvalue weighted by molar-refractivity contribution is -0.152. The Kier molecular flexibility index (Phi) is 10.1. The predicted molar refractivity (Wildman–Crippen MR) is 92.4 cm³/mol. The van der Waals surface area contributed by atoms with Crippen LogP contribution in [0.5, 0.6) is 5.75 Å². The van der Waals surface area contributed by atoms with E-state index in [1.54, 1.807) is 25.1 Å². The van der Waals surface area contributed by atoms with E-state index in [-0.39, 0.29) is 13.2 Å². The van der Waals surface area contributed by atoms with Crippen molar-refractivity contribution in [2.75, 3.05) is 19.8 Å². The van der Waals surface area contributed by atoms with Crippen LogP contribution in [0.3, 0.4) is 0 Å². The van der Waals surface area contributed by atoms with Crippen LogP contribution in [0.2, 0.25) is 5.02 Å². The van der Waals surface area contributed by atoms with Gasteiger partial charge in [0, 0.05) is 5.02 Å². The van der Waals surface area contributed by atoms with Crippen LogP contribution in [0.15, 0.2) is 18.2 Å². The average molecular weight is 357 g/mol. The van der Waals surface area contributed by atoms with E-state index in [0.29, 0.717) is 17.4 Å². The lowest BCUT2D eigenvalue weighted by atomic mass is 10.2. The van der Waals surface area contributed by atoms with Crippen LogP contribution in [0.4, 0.5) is 0 Å². The van der Waals surface area contributed by atoms with Gasteiger partial charge in [0.15, 0.2) is 0 Å². The fourth-order valence-corrected chi connectivity index (χ4v) is 2.26. The first-order chi connectivity index (χ1) is 11.5. The number of ether oxygens (including phenoxy) is 3. The summed E-state index contributed by atoms with van der Waals surface area (Å²) in [6.07, 6.45) is 5.43. The molecule has 0 unspecified atom stereocenters. The fraction of sp³-hybridized carbons (Fsp3) is 0.556. The monoisotopic (exact) mass is 356 g/mol. The number of hydrogen-bond donors (Lipinski definition) is 0.